The Bertz CT molecular complexity index is 687. The number of methoxy groups -OCH3 is 4. The van der Waals surface area contributed by atoms with Crippen molar-refractivity contribution >= 4 is 15.9 Å². The van der Waals surface area contributed by atoms with Crippen LogP contribution in [0.2, 0.25) is 0 Å². The third-order valence-electron chi connectivity index (χ3n) is 3.54. The zero-order valence-electron chi connectivity index (χ0n) is 13.4. The second-order valence-electron chi connectivity index (χ2n) is 4.71. The molecule has 0 fully saturated rings. The van der Waals surface area contributed by atoms with Crippen molar-refractivity contribution in [2.24, 2.45) is 0 Å². The summed E-state index contributed by atoms with van der Waals surface area (Å²) in [6.07, 6.45) is -0.922. The Labute approximate surface area is 143 Å². The lowest BCUT2D eigenvalue weighted by atomic mass is 9.99. The summed E-state index contributed by atoms with van der Waals surface area (Å²) in [5.74, 6) is 2.30. The highest BCUT2D eigenvalue weighted by Gasteiger charge is 2.22. The van der Waals surface area contributed by atoms with Gasteiger partial charge in [0, 0.05) is 11.1 Å². The maximum Gasteiger partial charge on any atom is 0.175 e. The molecule has 2 aromatic carbocycles. The van der Waals surface area contributed by atoms with Gasteiger partial charge in [0.05, 0.1) is 32.9 Å². The second kappa shape index (κ2) is 7.57. The predicted molar refractivity (Wildman–Crippen MR) is 90.9 cm³/mol. The number of aliphatic hydroxyl groups is 1. The lowest BCUT2D eigenvalue weighted by molar-refractivity contribution is 0.212. The van der Waals surface area contributed by atoms with Crippen LogP contribution in [0.4, 0.5) is 0 Å². The van der Waals surface area contributed by atoms with E-state index in [1.54, 1.807) is 58.8 Å². The molecular formula is C17H19BrO5. The van der Waals surface area contributed by atoms with Crippen LogP contribution in [0.15, 0.2) is 34.8 Å². The van der Waals surface area contributed by atoms with Gasteiger partial charge < -0.3 is 24.1 Å². The Morgan fingerprint density at radius 2 is 1.48 bits per heavy atom. The maximum atomic E-state index is 10.8. The molecule has 6 heteroatoms. The quantitative estimate of drug-likeness (QED) is 0.827. The molecule has 1 unspecified atom stereocenters. The molecule has 0 aliphatic rings. The summed E-state index contributed by atoms with van der Waals surface area (Å²) in [4.78, 5) is 0. The van der Waals surface area contributed by atoms with Crippen molar-refractivity contribution in [1.82, 2.24) is 0 Å². The Hall–Kier alpha value is -1.92. The SMILES string of the molecule is COc1ccc(OC)c(C(O)c2ccc(OC)c(OC)c2Br)c1. The molecule has 0 amide bonds. The first-order chi connectivity index (χ1) is 11.1. The Morgan fingerprint density at radius 1 is 0.826 bits per heavy atom. The average molecular weight is 383 g/mol. The minimum Gasteiger partial charge on any atom is -0.497 e. The normalized spacial score (nSPS) is 11.7. The standard InChI is InChI=1S/C17H19BrO5/c1-20-10-5-7-13(21-2)12(9-10)16(19)11-6-8-14(22-3)17(23-4)15(11)18/h5-9,16,19H,1-4H3. The van der Waals surface area contributed by atoms with Crippen LogP contribution in [0.5, 0.6) is 23.0 Å². The molecule has 0 heterocycles. The molecule has 0 saturated heterocycles. The molecule has 0 spiro atoms. The summed E-state index contributed by atoms with van der Waals surface area (Å²) < 4.78 is 21.8. The summed E-state index contributed by atoms with van der Waals surface area (Å²) in [5, 5.41) is 10.8. The molecule has 0 radical (unpaired) electrons. The molecule has 1 N–H and O–H groups in total. The van der Waals surface area contributed by atoms with E-state index in [-0.39, 0.29) is 0 Å². The fourth-order valence-corrected chi connectivity index (χ4v) is 3.04. The Kier molecular flexibility index (Phi) is 5.74. The number of rotatable bonds is 6. The van der Waals surface area contributed by atoms with Gasteiger partial charge in [0.1, 0.15) is 17.6 Å². The maximum absolute atomic E-state index is 10.8. The third kappa shape index (κ3) is 3.38. The summed E-state index contributed by atoms with van der Waals surface area (Å²) >= 11 is 3.48. The number of halogens is 1. The van der Waals surface area contributed by atoms with E-state index in [4.69, 9.17) is 18.9 Å². The lowest BCUT2D eigenvalue weighted by Crippen LogP contribution is -2.05. The summed E-state index contributed by atoms with van der Waals surface area (Å²) in [6.45, 7) is 0. The van der Waals surface area contributed by atoms with Crippen molar-refractivity contribution in [1.29, 1.82) is 0 Å². The van der Waals surface area contributed by atoms with Crippen LogP contribution >= 0.6 is 15.9 Å². The van der Waals surface area contributed by atoms with E-state index >= 15 is 0 Å². The monoisotopic (exact) mass is 382 g/mol. The summed E-state index contributed by atoms with van der Waals surface area (Å²) in [6, 6.07) is 8.79. The molecule has 0 aromatic heterocycles. The highest BCUT2D eigenvalue weighted by Crippen LogP contribution is 2.43. The van der Waals surface area contributed by atoms with Crippen LogP contribution in [-0.2, 0) is 0 Å². The van der Waals surface area contributed by atoms with Gasteiger partial charge in [-0.05, 0) is 40.2 Å². The number of hydrogen-bond acceptors (Lipinski definition) is 5. The van der Waals surface area contributed by atoms with E-state index in [1.165, 1.54) is 0 Å². The highest BCUT2D eigenvalue weighted by molar-refractivity contribution is 9.10. The van der Waals surface area contributed by atoms with Gasteiger partial charge in [-0.1, -0.05) is 6.07 Å². The van der Waals surface area contributed by atoms with Gasteiger partial charge in [0.25, 0.3) is 0 Å². The van der Waals surface area contributed by atoms with Crippen molar-refractivity contribution in [2.45, 2.75) is 6.10 Å². The van der Waals surface area contributed by atoms with Crippen molar-refractivity contribution < 1.29 is 24.1 Å². The smallest absolute Gasteiger partial charge is 0.175 e. The van der Waals surface area contributed by atoms with Gasteiger partial charge in [0.15, 0.2) is 11.5 Å². The van der Waals surface area contributed by atoms with E-state index in [0.717, 1.165) is 0 Å². The number of benzene rings is 2. The van der Waals surface area contributed by atoms with E-state index < -0.39 is 6.10 Å². The first-order valence-electron chi connectivity index (χ1n) is 6.87. The van der Waals surface area contributed by atoms with Crippen LogP contribution in [0.3, 0.4) is 0 Å². The Balaban J connectivity index is 2.54. The third-order valence-corrected chi connectivity index (χ3v) is 4.36. The van der Waals surface area contributed by atoms with Crippen molar-refractivity contribution in [2.75, 3.05) is 28.4 Å². The van der Waals surface area contributed by atoms with Crippen LogP contribution < -0.4 is 18.9 Å². The van der Waals surface area contributed by atoms with E-state index in [1.807, 2.05) is 0 Å². The molecule has 0 saturated carbocycles. The number of ether oxygens (including phenoxy) is 4. The van der Waals surface area contributed by atoms with E-state index in [9.17, 15) is 5.11 Å². The van der Waals surface area contributed by atoms with Gasteiger partial charge in [-0.2, -0.15) is 0 Å². The lowest BCUT2D eigenvalue weighted by Gasteiger charge is -2.19. The van der Waals surface area contributed by atoms with Crippen molar-refractivity contribution in [3.05, 3.63) is 45.9 Å². The molecule has 124 valence electrons. The fraction of sp³-hybridized carbons (Fsp3) is 0.294. The highest BCUT2D eigenvalue weighted by atomic mass is 79.9. The van der Waals surface area contributed by atoms with Crippen molar-refractivity contribution in [3.8, 4) is 23.0 Å². The number of hydrogen-bond donors (Lipinski definition) is 1. The molecule has 0 bridgehead atoms. The van der Waals surface area contributed by atoms with Crippen LogP contribution in [0, 0.1) is 0 Å². The molecule has 2 aromatic rings. The number of aliphatic hydroxyl groups excluding tert-OH is 1. The van der Waals surface area contributed by atoms with Gasteiger partial charge in [-0.3, -0.25) is 0 Å². The minimum absolute atomic E-state index is 0.519. The van der Waals surface area contributed by atoms with Crippen LogP contribution in [0.25, 0.3) is 0 Å². The van der Waals surface area contributed by atoms with Gasteiger partial charge in [-0.25, -0.2) is 0 Å². The molecule has 2 rings (SSSR count). The molecule has 23 heavy (non-hydrogen) atoms. The average Bonchev–Trinajstić information content (AvgIpc) is 2.60. The zero-order chi connectivity index (χ0) is 17.0. The molecule has 1 atom stereocenters. The van der Waals surface area contributed by atoms with Gasteiger partial charge in [0.2, 0.25) is 0 Å². The molecule has 5 nitrogen and oxygen atoms in total. The first-order valence-corrected chi connectivity index (χ1v) is 7.67. The minimum atomic E-state index is -0.922. The fourth-order valence-electron chi connectivity index (χ4n) is 2.34. The second-order valence-corrected chi connectivity index (χ2v) is 5.51. The van der Waals surface area contributed by atoms with Crippen molar-refractivity contribution in [3.63, 3.8) is 0 Å². The topological polar surface area (TPSA) is 57.2 Å². The zero-order valence-corrected chi connectivity index (χ0v) is 15.0. The van der Waals surface area contributed by atoms with Crippen LogP contribution in [0.1, 0.15) is 17.2 Å². The van der Waals surface area contributed by atoms with Crippen LogP contribution in [-0.4, -0.2) is 33.5 Å². The van der Waals surface area contributed by atoms with E-state index in [0.29, 0.717) is 38.6 Å². The van der Waals surface area contributed by atoms with Gasteiger partial charge >= 0.3 is 0 Å². The molecule has 0 aliphatic heterocycles. The summed E-state index contributed by atoms with van der Waals surface area (Å²) in [5.41, 5.74) is 1.23. The van der Waals surface area contributed by atoms with Gasteiger partial charge in [-0.15, -0.1) is 0 Å². The largest absolute Gasteiger partial charge is 0.497 e. The predicted octanol–water partition coefficient (Wildman–Crippen LogP) is 3.57. The van der Waals surface area contributed by atoms with E-state index in [2.05, 4.69) is 15.9 Å². The molecule has 0 aliphatic carbocycles. The first kappa shape index (κ1) is 17.4. The molecular weight excluding hydrogens is 364 g/mol. The summed E-state index contributed by atoms with van der Waals surface area (Å²) in [7, 11) is 6.24. The Morgan fingerprint density at radius 3 is 2.04 bits per heavy atom.